The summed E-state index contributed by atoms with van der Waals surface area (Å²) in [7, 11) is 0. The molecule has 1 fully saturated rings. The maximum absolute atomic E-state index is 5.74. The zero-order chi connectivity index (χ0) is 13.8. The summed E-state index contributed by atoms with van der Waals surface area (Å²) in [5.41, 5.74) is 2.04. The Morgan fingerprint density at radius 1 is 1.45 bits per heavy atom. The quantitative estimate of drug-likeness (QED) is 0.819. The minimum Gasteiger partial charge on any atom is -0.377 e. The predicted molar refractivity (Wildman–Crippen MR) is 76.4 cm³/mol. The average molecular weight is 293 g/mol. The maximum Gasteiger partial charge on any atom is 0.124 e. The van der Waals surface area contributed by atoms with Gasteiger partial charge in [-0.2, -0.15) is 0 Å². The van der Waals surface area contributed by atoms with Crippen molar-refractivity contribution in [2.45, 2.75) is 39.0 Å². The molecule has 5 nitrogen and oxygen atoms in total. The number of aromatic nitrogens is 2. The molecule has 0 N–H and O–H groups in total. The van der Waals surface area contributed by atoms with Crippen LogP contribution in [-0.2, 0) is 17.8 Å². The molecule has 3 heterocycles. The number of nitrogens with zero attached hydrogens (tertiary/aromatic N) is 3. The fraction of sp³-hybridized carbons (Fsp3) is 0.571. The van der Waals surface area contributed by atoms with Crippen molar-refractivity contribution < 1.29 is 9.26 Å². The van der Waals surface area contributed by atoms with Crippen LogP contribution in [0.1, 0.15) is 29.2 Å². The second-order valence-electron chi connectivity index (χ2n) is 5.18. The molecule has 0 radical (unpaired) electrons. The van der Waals surface area contributed by atoms with Crippen LogP contribution in [0, 0.1) is 6.92 Å². The highest BCUT2D eigenvalue weighted by atomic mass is 32.1. The molecule has 1 atom stereocenters. The minimum atomic E-state index is 0.336. The van der Waals surface area contributed by atoms with Gasteiger partial charge in [0.2, 0.25) is 0 Å². The van der Waals surface area contributed by atoms with E-state index in [1.54, 1.807) is 17.6 Å². The topological polar surface area (TPSA) is 51.4 Å². The Kier molecular flexibility index (Phi) is 4.44. The monoisotopic (exact) mass is 293 g/mol. The van der Waals surface area contributed by atoms with Crippen LogP contribution in [0.4, 0.5) is 0 Å². The number of hydrogen-bond acceptors (Lipinski definition) is 6. The third-order valence-corrected chi connectivity index (χ3v) is 4.34. The molecule has 2 aromatic rings. The van der Waals surface area contributed by atoms with Crippen molar-refractivity contribution in [3.8, 4) is 0 Å². The highest BCUT2D eigenvalue weighted by Crippen LogP contribution is 2.18. The third-order valence-electron chi connectivity index (χ3n) is 3.39. The number of aryl methyl sites for hydroxylation is 1. The zero-order valence-corrected chi connectivity index (χ0v) is 12.4. The lowest BCUT2D eigenvalue weighted by Crippen LogP contribution is -2.31. The molecule has 0 saturated carbocycles. The van der Waals surface area contributed by atoms with Gasteiger partial charge in [0.15, 0.2) is 0 Å². The van der Waals surface area contributed by atoms with E-state index in [-0.39, 0.29) is 0 Å². The summed E-state index contributed by atoms with van der Waals surface area (Å²) in [6, 6.07) is 1.91. The Morgan fingerprint density at radius 2 is 2.40 bits per heavy atom. The second-order valence-corrected chi connectivity index (χ2v) is 6.12. The van der Waals surface area contributed by atoms with Crippen LogP contribution in [0.25, 0.3) is 0 Å². The average Bonchev–Trinajstić information content (AvgIpc) is 3.13. The number of ether oxygens (including phenoxy) is 1. The van der Waals surface area contributed by atoms with Gasteiger partial charge in [0.1, 0.15) is 11.3 Å². The fourth-order valence-corrected chi connectivity index (χ4v) is 3.29. The van der Waals surface area contributed by atoms with Crippen LogP contribution in [-0.4, -0.2) is 34.3 Å². The smallest absolute Gasteiger partial charge is 0.124 e. The van der Waals surface area contributed by atoms with Gasteiger partial charge in [0.05, 0.1) is 18.3 Å². The van der Waals surface area contributed by atoms with E-state index >= 15 is 0 Å². The molecule has 0 unspecified atom stereocenters. The lowest BCUT2D eigenvalue weighted by Gasteiger charge is -2.23. The molecule has 20 heavy (non-hydrogen) atoms. The molecule has 2 aromatic heterocycles. The first-order chi connectivity index (χ1) is 9.79. The summed E-state index contributed by atoms with van der Waals surface area (Å²) in [5.74, 6) is 0. The van der Waals surface area contributed by atoms with Gasteiger partial charge in [-0.15, -0.1) is 11.3 Å². The van der Waals surface area contributed by atoms with Gasteiger partial charge < -0.3 is 9.26 Å². The molecule has 0 bridgehead atoms. The van der Waals surface area contributed by atoms with Crippen molar-refractivity contribution in [3.05, 3.63) is 34.1 Å². The van der Waals surface area contributed by atoms with Gasteiger partial charge in [0, 0.05) is 36.8 Å². The Morgan fingerprint density at radius 3 is 3.05 bits per heavy atom. The van der Waals surface area contributed by atoms with Crippen LogP contribution in [0.3, 0.4) is 0 Å². The maximum atomic E-state index is 5.74. The van der Waals surface area contributed by atoms with Crippen LogP contribution in [0.2, 0.25) is 0 Å². The number of thiazole rings is 1. The van der Waals surface area contributed by atoms with E-state index in [0.29, 0.717) is 6.10 Å². The second kappa shape index (κ2) is 6.47. The molecule has 0 spiro atoms. The molecule has 1 aliphatic rings. The van der Waals surface area contributed by atoms with E-state index in [4.69, 9.17) is 9.26 Å². The van der Waals surface area contributed by atoms with Crippen molar-refractivity contribution in [2.75, 3.05) is 13.2 Å². The minimum absolute atomic E-state index is 0.336. The molecular weight excluding hydrogens is 274 g/mol. The molecule has 6 heteroatoms. The number of hydrogen-bond donors (Lipinski definition) is 0. The largest absolute Gasteiger partial charge is 0.377 e. The van der Waals surface area contributed by atoms with E-state index < -0.39 is 0 Å². The standard InChI is InChI=1S/C14H19N3O2S/c1-11-10-20-14(15-11)9-17(7-12-4-6-19-16-12)8-13-3-2-5-18-13/h4,6,10,13H,2-3,5,7-9H2,1H3/t13-/m1/s1. The summed E-state index contributed by atoms with van der Waals surface area (Å²) >= 11 is 1.71. The van der Waals surface area contributed by atoms with E-state index in [1.807, 2.05) is 13.0 Å². The van der Waals surface area contributed by atoms with Gasteiger partial charge in [-0.05, 0) is 19.8 Å². The van der Waals surface area contributed by atoms with Crippen molar-refractivity contribution in [2.24, 2.45) is 0 Å². The predicted octanol–water partition coefficient (Wildman–Crippen LogP) is 2.62. The summed E-state index contributed by atoms with van der Waals surface area (Å²) in [6.07, 6.45) is 4.26. The molecule has 108 valence electrons. The Bertz CT molecular complexity index is 520. The molecule has 1 saturated heterocycles. The molecule has 1 aliphatic heterocycles. The molecule has 0 amide bonds. The van der Waals surface area contributed by atoms with Crippen LogP contribution in [0.5, 0.6) is 0 Å². The number of rotatable bonds is 6. The lowest BCUT2D eigenvalue weighted by molar-refractivity contribution is 0.0671. The molecular formula is C14H19N3O2S. The van der Waals surface area contributed by atoms with E-state index in [0.717, 1.165) is 49.1 Å². The Balaban J connectivity index is 1.65. The Labute approximate surface area is 122 Å². The SMILES string of the molecule is Cc1csc(CN(Cc2ccon2)C[C@H]2CCCO2)n1. The third kappa shape index (κ3) is 3.65. The molecule has 3 rings (SSSR count). The summed E-state index contributed by atoms with van der Waals surface area (Å²) in [6.45, 7) is 5.45. The fourth-order valence-electron chi connectivity index (χ4n) is 2.48. The highest BCUT2D eigenvalue weighted by Gasteiger charge is 2.20. The van der Waals surface area contributed by atoms with Gasteiger partial charge in [0.25, 0.3) is 0 Å². The van der Waals surface area contributed by atoms with Crippen LogP contribution >= 0.6 is 11.3 Å². The summed E-state index contributed by atoms with van der Waals surface area (Å²) in [4.78, 5) is 6.89. The van der Waals surface area contributed by atoms with Gasteiger partial charge in [-0.3, -0.25) is 4.90 Å². The highest BCUT2D eigenvalue weighted by molar-refractivity contribution is 7.09. The van der Waals surface area contributed by atoms with E-state index in [9.17, 15) is 0 Å². The van der Waals surface area contributed by atoms with Gasteiger partial charge >= 0.3 is 0 Å². The zero-order valence-electron chi connectivity index (χ0n) is 11.6. The first-order valence-corrected chi connectivity index (χ1v) is 7.82. The van der Waals surface area contributed by atoms with Crippen molar-refractivity contribution in [1.82, 2.24) is 15.0 Å². The van der Waals surface area contributed by atoms with Gasteiger partial charge in [-0.25, -0.2) is 4.98 Å². The van der Waals surface area contributed by atoms with Crippen molar-refractivity contribution in [1.29, 1.82) is 0 Å². The van der Waals surface area contributed by atoms with Crippen molar-refractivity contribution in [3.63, 3.8) is 0 Å². The van der Waals surface area contributed by atoms with E-state index in [2.05, 4.69) is 20.4 Å². The molecule has 0 aliphatic carbocycles. The Hall–Kier alpha value is -1.24. The first-order valence-electron chi connectivity index (χ1n) is 6.94. The summed E-state index contributed by atoms with van der Waals surface area (Å²) in [5, 5.41) is 7.24. The van der Waals surface area contributed by atoms with Crippen molar-refractivity contribution >= 4 is 11.3 Å². The normalized spacial score (nSPS) is 19.0. The lowest BCUT2D eigenvalue weighted by atomic mass is 10.2. The summed E-state index contributed by atoms with van der Waals surface area (Å²) < 4.78 is 10.7. The molecule has 0 aromatic carbocycles. The first kappa shape index (κ1) is 13.7. The van der Waals surface area contributed by atoms with Crippen LogP contribution < -0.4 is 0 Å². The van der Waals surface area contributed by atoms with Crippen LogP contribution in [0.15, 0.2) is 22.2 Å². The van der Waals surface area contributed by atoms with Gasteiger partial charge in [-0.1, -0.05) is 5.16 Å². The van der Waals surface area contributed by atoms with E-state index in [1.165, 1.54) is 6.42 Å².